The quantitative estimate of drug-likeness (QED) is 0.503. The lowest BCUT2D eigenvalue weighted by Gasteiger charge is -2.11. The number of nitrogens with one attached hydrogen (secondary N) is 2. The maximum Gasteiger partial charge on any atom is 0.193 e. The Morgan fingerprint density at radius 3 is 2.37 bits per heavy atom. The molecule has 0 heterocycles. The SMILES string of the molecule is CCN=C(N)Nc1ccc(NC)c(CN)c1.Cl.Cl.Cl. The molecule has 0 unspecified atom stereocenters. The molecule has 1 aromatic carbocycles. The number of aliphatic imine (C=N–C) groups is 1. The molecular formula is C11H22Cl3N5. The van der Waals surface area contributed by atoms with Gasteiger partial charge in [-0.15, -0.1) is 37.2 Å². The Labute approximate surface area is 132 Å². The molecular weight excluding hydrogens is 309 g/mol. The Kier molecular flexibility index (Phi) is 14.9. The summed E-state index contributed by atoms with van der Waals surface area (Å²) in [5, 5.41) is 6.10. The van der Waals surface area contributed by atoms with E-state index in [1.165, 1.54) is 0 Å². The minimum atomic E-state index is 0. The van der Waals surface area contributed by atoms with Crippen LogP contribution in [0.5, 0.6) is 0 Å². The number of anilines is 2. The summed E-state index contributed by atoms with van der Waals surface area (Å²) in [5.74, 6) is 0.419. The second-order valence-corrected chi connectivity index (χ2v) is 3.31. The summed E-state index contributed by atoms with van der Waals surface area (Å²) in [5.41, 5.74) is 14.3. The predicted molar refractivity (Wildman–Crippen MR) is 91.4 cm³/mol. The maximum absolute atomic E-state index is 5.67. The van der Waals surface area contributed by atoms with Crippen molar-refractivity contribution in [1.29, 1.82) is 0 Å². The monoisotopic (exact) mass is 329 g/mol. The Hall–Kier alpha value is -0.880. The molecule has 0 aliphatic heterocycles. The van der Waals surface area contributed by atoms with Crippen molar-refractivity contribution in [2.45, 2.75) is 13.5 Å². The van der Waals surface area contributed by atoms with Crippen molar-refractivity contribution >= 4 is 54.6 Å². The average molecular weight is 331 g/mol. The van der Waals surface area contributed by atoms with E-state index < -0.39 is 0 Å². The highest BCUT2D eigenvalue weighted by molar-refractivity contribution is 5.92. The molecule has 0 amide bonds. The Bertz CT molecular complexity index is 385. The van der Waals surface area contributed by atoms with Gasteiger partial charge in [0.05, 0.1) is 0 Å². The first-order chi connectivity index (χ1) is 7.71. The summed E-state index contributed by atoms with van der Waals surface area (Å²) >= 11 is 0. The van der Waals surface area contributed by atoms with E-state index in [9.17, 15) is 0 Å². The van der Waals surface area contributed by atoms with Gasteiger partial charge in [-0.2, -0.15) is 0 Å². The molecule has 0 saturated heterocycles. The van der Waals surface area contributed by atoms with Crippen LogP contribution in [-0.2, 0) is 6.54 Å². The van der Waals surface area contributed by atoms with Crippen molar-refractivity contribution in [3.63, 3.8) is 0 Å². The minimum Gasteiger partial charge on any atom is -0.388 e. The normalized spacial score (nSPS) is 9.53. The largest absolute Gasteiger partial charge is 0.388 e. The number of nitrogens with zero attached hydrogens (tertiary/aromatic N) is 1. The Morgan fingerprint density at radius 1 is 1.26 bits per heavy atom. The molecule has 0 aromatic heterocycles. The number of hydrogen-bond acceptors (Lipinski definition) is 3. The summed E-state index contributed by atoms with van der Waals surface area (Å²) in [6.45, 7) is 3.08. The minimum absolute atomic E-state index is 0. The molecule has 19 heavy (non-hydrogen) atoms. The number of benzene rings is 1. The van der Waals surface area contributed by atoms with E-state index in [4.69, 9.17) is 11.5 Å². The van der Waals surface area contributed by atoms with Gasteiger partial charge in [0.2, 0.25) is 0 Å². The summed E-state index contributed by atoms with van der Waals surface area (Å²) in [6, 6.07) is 5.86. The van der Waals surface area contributed by atoms with Gasteiger partial charge in [0.15, 0.2) is 5.96 Å². The number of guanidine groups is 1. The van der Waals surface area contributed by atoms with Gasteiger partial charge >= 0.3 is 0 Å². The molecule has 0 saturated carbocycles. The molecule has 0 spiro atoms. The molecule has 1 rings (SSSR count). The molecule has 6 N–H and O–H groups in total. The van der Waals surface area contributed by atoms with E-state index in [0.717, 1.165) is 16.9 Å². The van der Waals surface area contributed by atoms with Crippen molar-refractivity contribution in [2.24, 2.45) is 16.5 Å². The Morgan fingerprint density at radius 2 is 1.89 bits per heavy atom. The third-order valence-electron chi connectivity index (χ3n) is 2.20. The van der Waals surface area contributed by atoms with Crippen LogP contribution in [-0.4, -0.2) is 19.6 Å². The summed E-state index contributed by atoms with van der Waals surface area (Å²) in [6.07, 6.45) is 0. The highest BCUT2D eigenvalue weighted by Crippen LogP contribution is 2.19. The summed E-state index contributed by atoms with van der Waals surface area (Å²) in [7, 11) is 1.87. The van der Waals surface area contributed by atoms with Crippen molar-refractivity contribution in [3.05, 3.63) is 23.8 Å². The number of halogens is 3. The topological polar surface area (TPSA) is 88.5 Å². The van der Waals surface area contributed by atoms with Crippen LogP contribution in [0.3, 0.4) is 0 Å². The van der Waals surface area contributed by atoms with Crippen LogP contribution >= 0.6 is 37.2 Å². The number of rotatable bonds is 4. The molecule has 0 radical (unpaired) electrons. The summed E-state index contributed by atoms with van der Waals surface area (Å²) in [4.78, 5) is 4.05. The van der Waals surface area contributed by atoms with Crippen molar-refractivity contribution < 1.29 is 0 Å². The van der Waals surface area contributed by atoms with Crippen LogP contribution in [0.1, 0.15) is 12.5 Å². The number of hydrogen-bond donors (Lipinski definition) is 4. The fourth-order valence-corrected chi connectivity index (χ4v) is 1.44. The second-order valence-electron chi connectivity index (χ2n) is 3.31. The molecule has 5 nitrogen and oxygen atoms in total. The Balaban J connectivity index is -0.000000853. The van der Waals surface area contributed by atoms with E-state index in [1.54, 1.807) is 0 Å². The molecule has 0 aliphatic carbocycles. The van der Waals surface area contributed by atoms with E-state index in [0.29, 0.717) is 19.0 Å². The fraction of sp³-hybridized carbons (Fsp3) is 0.364. The maximum atomic E-state index is 5.67. The van der Waals surface area contributed by atoms with Crippen molar-refractivity contribution in [2.75, 3.05) is 24.2 Å². The lowest BCUT2D eigenvalue weighted by molar-refractivity contribution is 1.07. The van der Waals surface area contributed by atoms with Crippen molar-refractivity contribution in [3.8, 4) is 0 Å². The molecule has 0 aliphatic rings. The predicted octanol–water partition coefficient (Wildman–Crippen LogP) is 2.20. The molecule has 8 heteroatoms. The highest BCUT2D eigenvalue weighted by atomic mass is 35.5. The van der Waals surface area contributed by atoms with Gasteiger partial charge in [-0.3, -0.25) is 4.99 Å². The van der Waals surface area contributed by atoms with Crippen LogP contribution in [0.4, 0.5) is 11.4 Å². The number of nitrogens with two attached hydrogens (primary N) is 2. The lowest BCUT2D eigenvalue weighted by Crippen LogP contribution is -2.22. The highest BCUT2D eigenvalue weighted by Gasteiger charge is 2.01. The molecule has 1 aromatic rings. The van der Waals surface area contributed by atoms with Gasteiger partial charge < -0.3 is 22.1 Å². The van der Waals surface area contributed by atoms with Gasteiger partial charge in [0.1, 0.15) is 0 Å². The van der Waals surface area contributed by atoms with Gasteiger partial charge in [-0.1, -0.05) is 0 Å². The molecule has 0 bridgehead atoms. The molecule has 112 valence electrons. The first kappa shape index (κ1) is 23.2. The van der Waals surface area contributed by atoms with Crippen LogP contribution in [0, 0.1) is 0 Å². The van der Waals surface area contributed by atoms with E-state index in [1.807, 2.05) is 32.2 Å². The van der Waals surface area contributed by atoms with Crippen molar-refractivity contribution in [1.82, 2.24) is 0 Å². The zero-order valence-corrected chi connectivity index (χ0v) is 13.4. The van der Waals surface area contributed by atoms with Crippen LogP contribution in [0.2, 0.25) is 0 Å². The van der Waals surface area contributed by atoms with E-state index in [2.05, 4.69) is 15.6 Å². The van der Waals surface area contributed by atoms with Crippen LogP contribution in [0.15, 0.2) is 23.2 Å². The van der Waals surface area contributed by atoms with Gasteiger partial charge in [0, 0.05) is 31.5 Å². The summed E-state index contributed by atoms with van der Waals surface area (Å²) < 4.78 is 0. The third-order valence-corrected chi connectivity index (χ3v) is 2.20. The first-order valence-corrected chi connectivity index (χ1v) is 5.29. The second kappa shape index (κ2) is 12.2. The zero-order chi connectivity index (χ0) is 12.0. The molecule has 0 fully saturated rings. The van der Waals surface area contributed by atoms with E-state index in [-0.39, 0.29) is 37.2 Å². The van der Waals surface area contributed by atoms with Gasteiger partial charge in [-0.05, 0) is 30.7 Å². The smallest absolute Gasteiger partial charge is 0.193 e. The fourth-order valence-electron chi connectivity index (χ4n) is 1.44. The first-order valence-electron chi connectivity index (χ1n) is 5.29. The van der Waals surface area contributed by atoms with Crippen LogP contribution < -0.4 is 22.1 Å². The van der Waals surface area contributed by atoms with E-state index >= 15 is 0 Å². The standard InChI is InChI=1S/C11H19N5.3ClH/c1-3-15-11(13)16-9-4-5-10(14-2)8(6-9)7-12;;;/h4-6,14H,3,7,12H2,1-2H3,(H3,13,15,16);3*1H. The average Bonchev–Trinajstić information content (AvgIpc) is 2.29. The lowest BCUT2D eigenvalue weighted by atomic mass is 10.1. The van der Waals surface area contributed by atoms with Crippen LogP contribution in [0.25, 0.3) is 0 Å². The third kappa shape index (κ3) is 7.32. The van der Waals surface area contributed by atoms with Gasteiger partial charge in [-0.25, -0.2) is 0 Å². The molecule has 0 atom stereocenters. The zero-order valence-electron chi connectivity index (χ0n) is 11.0. The van der Waals surface area contributed by atoms with Gasteiger partial charge in [0.25, 0.3) is 0 Å².